The van der Waals surface area contributed by atoms with E-state index in [1.807, 2.05) is 6.07 Å². The smallest absolute Gasteiger partial charge is 0.265 e. The van der Waals surface area contributed by atoms with Crippen LogP contribution in [-0.2, 0) is 11.2 Å². The van der Waals surface area contributed by atoms with Crippen molar-refractivity contribution in [2.75, 3.05) is 10.6 Å². The number of amides is 2. The summed E-state index contributed by atoms with van der Waals surface area (Å²) in [6.45, 7) is 0. The molecule has 1 aliphatic heterocycles. The second-order valence-corrected chi connectivity index (χ2v) is 5.43. The van der Waals surface area contributed by atoms with Crippen LogP contribution in [0.2, 0.25) is 0 Å². The summed E-state index contributed by atoms with van der Waals surface area (Å²) in [6, 6.07) is 12.2. The fourth-order valence-electron chi connectivity index (χ4n) is 2.28. The molecular formula is C15H11BrN2O2. The summed E-state index contributed by atoms with van der Waals surface area (Å²) in [5, 5.41) is 0. The second-order valence-electron chi connectivity index (χ2n) is 4.57. The number of hydrogen-bond donors (Lipinski definition) is 1. The van der Waals surface area contributed by atoms with Gasteiger partial charge >= 0.3 is 0 Å². The van der Waals surface area contributed by atoms with E-state index in [1.54, 1.807) is 36.4 Å². The molecule has 0 bridgehead atoms. The summed E-state index contributed by atoms with van der Waals surface area (Å²) in [5.74, 6) is -0.529. The van der Waals surface area contributed by atoms with E-state index in [1.165, 1.54) is 4.90 Å². The molecule has 4 nitrogen and oxygen atoms in total. The molecule has 0 fully saturated rings. The summed E-state index contributed by atoms with van der Waals surface area (Å²) in [5.41, 5.74) is 8.15. The van der Waals surface area contributed by atoms with Gasteiger partial charge in [-0.3, -0.25) is 9.59 Å². The van der Waals surface area contributed by atoms with Gasteiger partial charge in [0.15, 0.2) is 0 Å². The average molecular weight is 331 g/mol. The van der Waals surface area contributed by atoms with Gasteiger partial charge in [-0.1, -0.05) is 18.2 Å². The van der Waals surface area contributed by atoms with E-state index >= 15 is 0 Å². The lowest BCUT2D eigenvalue weighted by Crippen LogP contribution is -2.42. The summed E-state index contributed by atoms with van der Waals surface area (Å²) in [7, 11) is 0. The zero-order valence-corrected chi connectivity index (χ0v) is 12.1. The number of anilines is 2. The minimum atomic E-state index is -0.298. The van der Waals surface area contributed by atoms with Crippen molar-refractivity contribution >= 4 is 39.1 Å². The maximum atomic E-state index is 12.5. The third kappa shape index (κ3) is 2.00. The molecule has 0 aromatic heterocycles. The summed E-state index contributed by atoms with van der Waals surface area (Å²) < 4.78 is 0.662. The minimum absolute atomic E-state index is 0.226. The Morgan fingerprint density at radius 1 is 1.10 bits per heavy atom. The Hall–Kier alpha value is -2.14. The first-order valence-electron chi connectivity index (χ1n) is 6.08. The van der Waals surface area contributed by atoms with Crippen molar-refractivity contribution in [3.8, 4) is 0 Å². The quantitative estimate of drug-likeness (QED) is 0.646. The highest BCUT2D eigenvalue weighted by molar-refractivity contribution is 9.10. The second kappa shape index (κ2) is 4.76. The van der Waals surface area contributed by atoms with E-state index in [0.29, 0.717) is 21.4 Å². The molecule has 0 aliphatic carbocycles. The van der Waals surface area contributed by atoms with E-state index in [4.69, 9.17) is 5.73 Å². The maximum Gasteiger partial charge on any atom is 0.265 e. The van der Waals surface area contributed by atoms with Crippen molar-refractivity contribution < 1.29 is 9.59 Å². The zero-order valence-electron chi connectivity index (χ0n) is 10.5. The highest BCUT2D eigenvalue weighted by Gasteiger charge is 2.31. The molecule has 0 spiro atoms. The Kier molecular flexibility index (Phi) is 3.06. The van der Waals surface area contributed by atoms with Crippen molar-refractivity contribution in [3.05, 3.63) is 58.1 Å². The summed E-state index contributed by atoms with van der Waals surface area (Å²) >= 11 is 3.31. The van der Waals surface area contributed by atoms with Gasteiger partial charge in [0.05, 0.1) is 12.1 Å². The van der Waals surface area contributed by atoms with E-state index in [9.17, 15) is 9.59 Å². The molecule has 1 aliphatic rings. The van der Waals surface area contributed by atoms with Gasteiger partial charge in [0.1, 0.15) is 0 Å². The van der Waals surface area contributed by atoms with Crippen LogP contribution in [0.25, 0.3) is 0 Å². The lowest BCUT2D eigenvalue weighted by molar-refractivity contribution is -0.117. The molecule has 0 atom stereocenters. The van der Waals surface area contributed by atoms with Gasteiger partial charge in [-0.05, 0) is 45.8 Å². The van der Waals surface area contributed by atoms with Gasteiger partial charge in [-0.25, -0.2) is 4.90 Å². The lowest BCUT2D eigenvalue weighted by Gasteiger charge is -2.27. The predicted octanol–water partition coefficient (Wildman–Crippen LogP) is 2.76. The molecule has 5 heteroatoms. The van der Waals surface area contributed by atoms with Crippen LogP contribution in [-0.4, -0.2) is 11.8 Å². The van der Waals surface area contributed by atoms with Gasteiger partial charge in [0.2, 0.25) is 5.91 Å². The number of benzene rings is 2. The average Bonchev–Trinajstić information content (AvgIpc) is 2.43. The van der Waals surface area contributed by atoms with Crippen LogP contribution in [0.15, 0.2) is 46.9 Å². The van der Waals surface area contributed by atoms with Crippen LogP contribution in [0.5, 0.6) is 0 Å². The molecule has 2 amide bonds. The number of carbonyl (C=O) groups excluding carboxylic acids is 2. The lowest BCUT2D eigenvalue weighted by atomic mass is 9.98. The molecule has 1 heterocycles. The van der Waals surface area contributed by atoms with Gasteiger partial charge in [-0.2, -0.15) is 0 Å². The number of nitrogens with zero attached hydrogens (tertiary/aromatic N) is 1. The van der Waals surface area contributed by atoms with Crippen molar-refractivity contribution in [1.82, 2.24) is 0 Å². The normalized spacial score (nSPS) is 14.3. The molecular weight excluding hydrogens is 320 g/mol. The van der Waals surface area contributed by atoms with Crippen LogP contribution in [0.1, 0.15) is 15.9 Å². The van der Waals surface area contributed by atoms with Crippen molar-refractivity contribution in [2.45, 2.75) is 6.42 Å². The largest absolute Gasteiger partial charge is 0.398 e. The van der Waals surface area contributed by atoms with Crippen molar-refractivity contribution in [2.24, 2.45) is 0 Å². The van der Waals surface area contributed by atoms with Crippen LogP contribution in [0, 0.1) is 0 Å². The molecule has 2 aromatic carbocycles. The first-order chi connectivity index (χ1) is 9.58. The van der Waals surface area contributed by atoms with E-state index in [0.717, 1.165) is 5.56 Å². The molecule has 0 saturated carbocycles. The number of nitrogen functional groups attached to an aromatic ring is 1. The number of rotatable bonds is 1. The molecule has 0 radical (unpaired) electrons. The molecule has 20 heavy (non-hydrogen) atoms. The van der Waals surface area contributed by atoms with Gasteiger partial charge in [0.25, 0.3) is 5.91 Å². The molecule has 100 valence electrons. The topological polar surface area (TPSA) is 63.4 Å². The van der Waals surface area contributed by atoms with E-state index in [-0.39, 0.29) is 18.2 Å². The standard InChI is InChI=1S/C15H11BrN2O2/c16-12-8-10(5-6-13(12)17)18-14(19)7-9-3-1-2-4-11(9)15(18)20/h1-6,8H,7,17H2. The first kappa shape index (κ1) is 12.9. The fourth-order valence-corrected chi connectivity index (χ4v) is 2.64. The molecule has 2 N–H and O–H groups in total. The van der Waals surface area contributed by atoms with Crippen LogP contribution < -0.4 is 10.6 Å². The number of fused-ring (bicyclic) bond motifs is 1. The Bertz CT molecular complexity index is 728. The summed E-state index contributed by atoms with van der Waals surface area (Å²) in [6.07, 6.45) is 0.226. The minimum Gasteiger partial charge on any atom is -0.398 e. The number of hydrogen-bond acceptors (Lipinski definition) is 3. The van der Waals surface area contributed by atoms with Crippen LogP contribution in [0.3, 0.4) is 0 Å². The van der Waals surface area contributed by atoms with Crippen LogP contribution >= 0.6 is 15.9 Å². The first-order valence-corrected chi connectivity index (χ1v) is 6.87. The summed E-state index contributed by atoms with van der Waals surface area (Å²) in [4.78, 5) is 25.9. The number of nitrogens with two attached hydrogens (primary N) is 1. The number of imide groups is 1. The third-order valence-corrected chi connectivity index (χ3v) is 3.97. The molecule has 0 saturated heterocycles. The monoisotopic (exact) mass is 330 g/mol. The predicted molar refractivity (Wildman–Crippen MR) is 80.5 cm³/mol. The van der Waals surface area contributed by atoms with Crippen LogP contribution in [0.4, 0.5) is 11.4 Å². The molecule has 0 unspecified atom stereocenters. The Morgan fingerprint density at radius 3 is 2.60 bits per heavy atom. The third-order valence-electron chi connectivity index (χ3n) is 3.28. The number of carbonyl (C=O) groups is 2. The Balaban J connectivity index is 2.08. The highest BCUT2D eigenvalue weighted by Crippen LogP contribution is 2.30. The van der Waals surface area contributed by atoms with E-state index < -0.39 is 0 Å². The molecule has 3 rings (SSSR count). The zero-order chi connectivity index (χ0) is 14.3. The van der Waals surface area contributed by atoms with E-state index in [2.05, 4.69) is 15.9 Å². The fraction of sp³-hybridized carbons (Fsp3) is 0.0667. The van der Waals surface area contributed by atoms with Gasteiger partial charge < -0.3 is 5.73 Å². The highest BCUT2D eigenvalue weighted by atomic mass is 79.9. The van der Waals surface area contributed by atoms with Crippen molar-refractivity contribution in [1.29, 1.82) is 0 Å². The SMILES string of the molecule is Nc1ccc(N2C(=O)Cc3ccccc3C2=O)cc1Br. The maximum absolute atomic E-state index is 12.5. The Morgan fingerprint density at radius 2 is 1.85 bits per heavy atom. The van der Waals surface area contributed by atoms with Crippen molar-refractivity contribution in [3.63, 3.8) is 0 Å². The van der Waals surface area contributed by atoms with Gasteiger partial charge in [0, 0.05) is 15.7 Å². The van der Waals surface area contributed by atoms with Gasteiger partial charge in [-0.15, -0.1) is 0 Å². The number of halogens is 1. The molecule has 2 aromatic rings. The Labute approximate surface area is 124 Å².